The van der Waals surface area contributed by atoms with Crippen LogP contribution < -0.4 is 0 Å². The molecule has 0 saturated heterocycles. The van der Waals surface area contributed by atoms with Crippen molar-refractivity contribution in [2.45, 2.75) is 19.9 Å². The Balaban J connectivity index is 2.36. The molecule has 2 aromatic rings. The van der Waals surface area contributed by atoms with E-state index in [1.165, 1.54) is 11.3 Å². The first-order valence-electron chi connectivity index (χ1n) is 6.17. The van der Waals surface area contributed by atoms with Gasteiger partial charge in [0.25, 0.3) is 0 Å². The largest absolute Gasteiger partial charge is 0.337 e. The average molecular weight is 278 g/mol. The van der Waals surface area contributed by atoms with E-state index in [2.05, 4.69) is 47.7 Å². The van der Waals surface area contributed by atoms with E-state index >= 15 is 0 Å². The Morgan fingerprint density at radius 3 is 2.72 bits per heavy atom. The van der Waals surface area contributed by atoms with Crippen molar-refractivity contribution in [3.63, 3.8) is 0 Å². The number of nitrogens with one attached hydrogen (secondary N) is 1. The zero-order valence-electron chi connectivity index (χ0n) is 10.7. The van der Waals surface area contributed by atoms with Gasteiger partial charge in [-0.25, -0.2) is 0 Å². The normalized spacial score (nSPS) is 12.6. The van der Waals surface area contributed by atoms with Crippen LogP contribution in [0.5, 0.6) is 0 Å². The lowest BCUT2D eigenvalue weighted by Crippen LogP contribution is -2.09. The highest BCUT2D eigenvalue weighted by Gasteiger charge is 2.12. The Kier molecular flexibility index (Phi) is 4.66. The topological polar surface area (TPSA) is 20.7 Å². The summed E-state index contributed by atoms with van der Waals surface area (Å²) in [5.41, 5.74) is 2.38. The summed E-state index contributed by atoms with van der Waals surface area (Å²) in [5, 5.41) is 0. The third-order valence-corrected chi connectivity index (χ3v) is 4.33. The van der Waals surface area contributed by atoms with Crippen molar-refractivity contribution < 1.29 is 0 Å². The minimum atomic E-state index is 0.406. The number of benzene rings is 1. The molecule has 0 saturated carbocycles. The molecule has 1 aromatic heterocycles. The summed E-state index contributed by atoms with van der Waals surface area (Å²) < 4.78 is 3.02. The Morgan fingerprint density at radius 1 is 1.33 bits per heavy atom. The summed E-state index contributed by atoms with van der Waals surface area (Å²) in [5.74, 6) is 2.23. The van der Waals surface area contributed by atoms with Crippen LogP contribution in [0.25, 0.3) is 11.3 Å². The lowest BCUT2D eigenvalue weighted by Gasteiger charge is -2.16. The number of aromatic nitrogens is 2. The van der Waals surface area contributed by atoms with Crippen molar-refractivity contribution in [1.82, 2.24) is 9.55 Å². The van der Waals surface area contributed by atoms with Crippen LogP contribution in [0.15, 0.2) is 36.5 Å². The number of thioether (sulfide) groups is 1. The summed E-state index contributed by atoms with van der Waals surface area (Å²) in [4.78, 5) is 3.16. The molecule has 0 aliphatic heterocycles. The molecule has 1 N–H and O–H groups in total. The van der Waals surface area contributed by atoms with Gasteiger partial charge in [-0.3, -0.25) is 0 Å². The molecule has 1 atom stereocenters. The molecule has 1 aromatic carbocycles. The van der Waals surface area contributed by atoms with Crippen LogP contribution >= 0.6 is 24.0 Å². The smallest absolute Gasteiger partial charge is 0.177 e. The highest BCUT2D eigenvalue weighted by atomic mass is 32.2. The summed E-state index contributed by atoms with van der Waals surface area (Å²) in [6.45, 7) is 4.41. The van der Waals surface area contributed by atoms with Crippen molar-refractivity contribution in [2.24, 2.45) is 0 Å². The van der Waals surface area contributed by atoms with Gasteiger partial charge in [-0.2, -0.15) is 11.8 Å². The first kappa shape index (κ1) is 13.4. The van der Waals surface area contributed by atoms with Gasteiger partial charge in [-0.05, 0) is 30.5 Å². The molecule has 4 heteroatoms. The van der Waals surface area contributed by atoms with Gasteiger partial charge in [0, 0.05) is 18.0 Å². The van der Waals surface area contributed by atoms with Crippen LogP contribution in [0.4, 0.5) is 0 Å². The van der Waals surface area contributed by atoms with Gasteiger partial charge in [0.2, 0.25) is 0 Å². The maximum Gasteiger partial charge on any atom is 0.177 e. The highest BCUT2D eigenvalue weighted by molar-refractivity contribution is 7.99. The van der Waals surface area contributed by atoms with Crippen LogP contribution in [0.3, 0.4) is 0 Å². The van der Waals surface area contributed by atoms with Crippen molar-refractivity contribution in [2.75, 3.05) is 11.5 Å². The molecule has 2 nitrogen and oxygen atoms in total. The Labute approximate surface area is 117 Å². The maximum absolute atomic E-state index is 5.40. The van der Waals surface area contributed by atoms with Crippen LogP contribution in [0, 0.1) is 4.77 Å². The monoisotopic (exact) mass is 278 g/mol. The standard InChI is InChI=1S/C14H18N2S2/c1-3-18-10-11(2)16-13(9-15-14(16)17)12-7-5-4-6-8-12/h4-9,11H,3,10H2,1-2H3,(H,15,17). The maximum atomic E-state index is 5.40. The molecule has 0 radical (unpaired) electrons. The number of nitrogens with zero attached hydrogens (tertiary/aromatic N) is 1. The van der Waals surface area contributed by atoms with Gasteiger partial charge >= 0.3 is 0 Å². The lowest BCUT2D eigenvalue weighted by atomic mass is 10.1. The fraction of sp³-hybridized carbons (Fsp3) is 0.357. The van der Waals surface area contributed by atoms with Gasteiger partial charge in [0.15, 0.2) is 4.77 Å². The molecule has 1 heterocycles. The second kappa shape index (κ2) is 6.25. The summed E-state index contributed by atoms with van der Waals surface area (Å²) in [6, 6.07) is 10.8. The van der Waals surface area contributed by atoms with E-state index < -0.39 is 0 Å². The zero-order valence-corrected chi connectivity index (χ0v) is 12.4. The highest BCUT2D eigenvalue weighted by Crippen LogP contribution is 2.24. The van der Waals surface area contributed by atoms with Crippen LogP contribution in [0.1, 0.15) is 19.9 Å². The predicted molar refractivity (Wildman–Crippen MR) is 82.8 cm³/mol. The summed E-state index contributed by atoms with van der Waals surface area (Å²) in [7, 11) is 0. The molecule has 2 rings (SSSR count). The minimum absolute atomic E-state index is 0.406. The summed E-state index contributed by atoms with van der Waals surface area (Å²) >= 11 is 7.34. The number of imidazole rings is 1. The molecular formula is C14H18N2S2. The third kappa shape index (κ3) is 2.87. The van der Waals surface area contributed by atoms with Gasteiger partial charge in [-0.15, -0.1) is 0 Å². The zero-order chi connectivity index (χ0) is 13.0. The number of rotatable bonds is 5. The average Bonchev–Trinajstić information content (AvgIpc) is 2.79. The molecule has 0 amide bonds. The number of hydrogen-bond donors (Lipinski definition) is 1. The first-order valence-corrected chi connectivity index (χ1v) is 7.73. The van der Waals surface area contributed by atoms with Crippen molar-refractivity contribution in [1.29, 1.82) is 0 Å². The SMILES string of the molecule is CCSCC(C)n1c(-c2ccccc2)c[nH]c1=S. The lowest BCUT2D eigenvalue weighted by molar-refractivity contribution is 0.607. The van der Waals surface area contributed by atoms with Crippen LogP contribution in [0.2, 0.25) is 0 Å². The van der Waals surface area contributed by atoms with E-state index in [4.69, 9.17) is 12.2 Å². The Hall–Kier alpha value is -1.00. The molecule has 0 aliphatic rings. The van der Waals surface area contributed by atoms with Crippen molar-refractivity contribution in [3.05, 3.63) is 41.3 Å². The van der Waals surface area contributed by atoms with Crippen LogP contribution in [-0.2, 0) is 0 Å². The fourth-order valence-electron chi connectivity index (χ4n) is 2.01. The van der Waals surface area contributed by atoms with E-state index in [1.807, 2.05) is 24.0 Å². The quantitative estimate of drug-likeness (QED) is 0.811. The Morgan fingerprint density at radius 2 is 2.06 bits per heavy atom. The molecule has 18 heavy (non-hydrogen) atoms. The van der Waals surface area contributed by atoms with Crippen LogP contribution in [-0.4, -0.2) is 21.1 Å². The molecule has 0 bridgehead atoms. The Bertz CT molecular complexity index is 542. The molecular weight excluding hydrogens is 260 g/mol. The summed E-state index contributed by atoms with van der Waals surface area (Å²) in [6.07, 6.45) is 2.00. The van der Waals surface area contributed by atoms with E-state index in [9.17, 15) is 0 Å². The van der Waals surface area contributed by atoms with Crippen molar-refractivity contribution >= 4 is 24.0 Å². The molecule has 0 fully saturated rings. The predicted octanol–water partition coefficient (Wildman–Crippen LogP) is 4.53. The molecule has 0 aliphatic carbocycles. The third-order valence-electron chi connectivity index (χ3n) is 2.88. The minimum Gasteiger partial charge on any atom is -0.337 e. The van der Waals surface area contributed by atoms with E-state index in [1.54, 1.807) is 0 Å². The second-order valence-electron chi connectivity index (χ2n) is 4.22. The molecule has 96 valence electrons. The van der Waals surface area contributed by atoms with Crippen molar-refractivity contribution in [3.8, 4) is 11.3 Å². The number of H-pyrrole nitrogens is 1. The fourth-order valence-corrected chi connectivity index (χ4v) is 3.07. The molecule has 1 unspecified atom stereocenters. The van der Waals surface area contributed by atoms with Gasteiger partial charge in [-0.1, -0.05) is 37.3 Å². The van der Waals surface area contributed by atoms with E-state index in [0.29, 0.717) is 6.04 Å². The number of aromatic amines is 1. The molecule has 0 spiro atoms. The first-order chi connectivity index (χ1) is 8.74. The van der Waals surface area contributed by atoms with E-state index in [0.717, 1.165) is 16.3 Å². The second-order valence-corrected chi connectivity index (χ2v) is 5.93. The van der Waals surface area contributed by atoms with Gasteiger partial charge < -0.3 is 9.55 Å². The van der Waals surface area contributed by atoms with Gasteiger partial charge in [0.1, 0.15) is 0 Å². The van der Waals surface area contributed by atoms with E-state index in [-0.39, 0.29) is 0 Å². The number of hydrogen-bond acceptors (Lipinski definition) is 2. The van der Waals surface area contributed by atoms with Gasteiger partial charge in [0.05, 0.1) is 5.69 Å².